The van der Waals surface area contributed by atoms with Gasteiger partial charge in [-0.15, -0.1) is 0 Å². The number of likely N-dealkylation sites (N-methyl/N-ethyl adjacent to an activating group) is 1. The van der Waals surface area contributed by atoms with E-state index >= 15 is 0 Å². The lowest BCUT2D eigenvalue weighted by Gasteiger charge is -2.27. The van der Waals surface area contributed by atoms with Crippen LogP contribution in [0, 0.1) is 0 Å². The van der Waals surface area contributed by atoms with Crippen molar-refractivity contribution < 1.29 is 9.84 Å². The molecule has 0 radical (unpaired) electrons. The molecule has 3 rings (SSSR count). The maximum absolute atomic E-state index is 10.1. The number of hydrogen-bond acceptors (Lipinski definition) is 4. The van der Waals surface area contributed by atoms with Crippen LogP contribution < -0.4 is 0 Å². The van der Waals surface area contributed by atoms with Crippen LogP contribution in [0.2, 0.25) is 0 Å². The van der Waals surface area contributed by atoms with Gasteiger partial charge in [-0.1, -0.05) is 32.4 Å². The number of rotatable bonds is 8. The van der Waals surface area contributed by atoms with E-state index in [-0.39, 0.29) is 6.04 Å². The third kappa shape index (κ3) is 4.48. The Morgan fingerprint density at radius 2 is 2.00 bits per heavy atom. The molecule has 0 aliphatic carbocycles. The summed E-state index contributed by atoms with van der Waals surface area (Å²) >= 11 is 0. The lowest BCUT2D eigenvalue weighted by molar-refractivity contribution is 0.0808. The van der Waals surface area contributed by atoms with E-state index in [2.05, 4.69) is 54.3 Å². The summed E-state index contributed by atoms with van der Waals surface area (Å²) in [5.74, 6) is 0. The molecule has 0 unspecified atom stereocenters. The Hall–Kier alpha value is -1.69. The molecule has 5 heteroatoms. The van der Waals surface area contributed by atoms with Gasteiger partial charge in [0.25, 0.3) is 0 Å². The molecule has 1 aliphatic rings. The first kappa shape index (κ1) is 18.1. The molecule has 136 valence electrons. The molecule has 2 aromatic rings. The number of aliphatic hydroxyl groups is 1. The molecule has 0 saturated carbocycles. The normalized spacial score (nSPS) is 20.5. The van der Waals surface area contributed by atoms with Gasteiger partial charge < -0.3 is 9.84 Å². The standard InChI is InChI=1S/C20H29N3O2/c1-3-5-6-16-7-9-18(10-8-16)23-13-17(11-21-23)12-22(4-2)19-14-25-15-20(19)24/h7-11,13,19-20,24H,3-6,12,14-15H2,1-2H3/t19-,20-/m0/s1. The topological polar surface area (TPSA) is 50.5 Å². The number of nitrogens with zero attached hydrogens (tertiary/aromatic N) is 3. The maximum Gasteiger partial charge on any atom is 0.0950 e. The van der Waals surface area contributed by atoms with Crippen molar-refractivity contribution in [3.63, 3.8) is 0 Å². The molecule has 2 atom stereocenters. The van der Waals surface area contributed by atoms with E-state index in [1.807, 2.05) is 10.9 Å². The summed E-state index contributed by atoms with van der Waals surface area (Å²) in [6, 6.07) is 8.72. The Bertz CT molecular complexity index is 653. The number of aliphatic hydroxyl groups excluding tert-OH is 1. The molecule has 0 amide bonds. The number of aromatic nitrogens is 2. The fraction of sp³-hybridized carbons (Fsp3) is 0.550. The summed E-state index contributed by atoms with van der Waals surface area (Å²) in [6.07, 6.45) is 7.18. The summed E-state index contributed by atoms with van der Waals surface area (Å²) in [4.78, 5) is 2.26. The zero-order valence-electron chi connectivity index (χ0n) is 15.3. The highest BCUT2D eigenvalue weighted by molar-refractivity contribution is 5.34. The smallest absolute Gasteiger partial charge is 0.0950 e. The number of unbranched alkanes of at least 4 members (excludes halogenated alkanes) is 1. The predicted molar refractivity (Wildman–Crippen MR) is 98.9 cm³/mol. The van der Waals surface area contributed by atoms with E-state index in [0.717, 1.165) is 30.8 Å². The highest BCUT2D eigenvalue weighted by atomic mass is 16.5. The van der Waals surface area contributed by atoms with Crippen molar-refractivity contribution in [3.8, 4) is 5.69 Å². The van der Waals surface area contributed by atoms with Crippen LogP contribution in [0.25, 0.3) is 5.69 Å². The zero-order chi connectivity index (χ0) is 17.6. The molecule has 1 aromatic heterocycles. The summed E-state index contributed by atoms with van der Waals surface area (Å²) < 4.78 is 7.32. The molecule has 1 N–H and O–H groups in total. The molecule has 1 saturated heterocycles. The highest BCUT2D eigenvalue weighted by Crippen LogP contribution is 2.17. The highest BCUT2D eigenvalue weighted by Gasteiger charge is 2.31. The van der Waals surface area contributed by atoms with E-state index in [9.17, 15) is 5.11 Å². The average Bonchev–Trinajstić information content (AvgIpc) is 3.27. The Balaban J connectivity index is 1.65. The average molecular weight is 343 g/mol. The van der Waals surface area contributed by atoms with Crippen molar-refractivity contribution in [3.05, 3.63) is 47.8 Å². The first-order valence-corrected chi connectivity index (χ1v) is 9.34. The van der Waals surface area contributed by atoms with Gasteiger partial charge in [0, 0.05) is 18.3 Å². The quantitative estimate of drug-likeness (QED) is 0.801. The zero-order valence-corrected chi connectivity index (χ0v) is 15.3. The molecule has 1 aliphatic heterocycles. The van der Waals surface area contributed by atoms with Crippen LogP contribution in [0.4, 0.5) is 0 Å². The van der Waals surface area contributed by atoms with E-state index in [1.165, 1.54) is 18.4 Å². The van der Waals surface area contributed by atoms with Gasteiger partial charge in [0.2, 0.25) is 0 Å². The minimum absolute atomic E-state index is 0.0752. The van der Waals surface area contributed by atoms with Crippen LogP contribution in [0.5, 0.6) is 0 Å². The van der Waals surface area contributed by atoms with Crippen molar-refractivity contribution in [1.82, 2.24) is 14.7 Å². The Morgan fingerprint density at radius 3 is 2.64 bits per heavy atom. The molecular formula is C20H29N3O2. The Morgan fingerprint density at radius 1 is 1.20 bits per heavy atom. The molecule has 25 heavy (non-hydrogen) atoms. The fourth-order valence-corrected chi connectivity index (χ4v) is 3.36. The van der Waals surface area contributed by atoms with Gasteiger partial charge in [-0.3, -0.25) is 4.90 Å². The first-order chi connectivity index (χ1) is 12.2. The maximum atomic E-state index is 10.1. The predicted octanol–water partition coefficient (Wildman–Crippen LogP) is 2.80. The van der Waals surface area contributed by atoms with Crippen molar-refractivity contribution in [1.29, 1.82) is 0 Å². The van der Waals surface area contributed by atoms with E-state index in [1.54, 1.807) is 0 Å². The van der Waals surface area contributed by atoms with Crippen molar-refractivity contribution in [2.24, 2.45) is 0 Å². The van der Waals surface area contributed by atoms with Crippen molar-refractivity contribution in [2.45, 2.75) is 51.8 Å². The fourth-order valence-electron chi connectivity index (χ4n) is 3.36. The third-order valence-electron chi connectivity index (χ3n) is 4.94. The van der Waals surface area contributed by atoms with Gasteiger partial charge in [0.05, 0.1) is 37.2 Å². The van der Waals surface area contributed by atoms with Gasteiger partial charge in [-0.25, -0.2) is 4.68 Å². The molecular weight excluding hydrogens is 314 g/mol. The molecule has 0 bridgehead atoms. The van der Waals surface area contributed by atoms with Gasteiger partial charge >= 0.3 is 0 Å². The number of benzene rings is 1. The van der Waals surface area contributed by atoms with E-state index in [0.29, 0.717) is 13.2 Å². The van der Waals surface area contributed by atoms with Crippen LogP contribution in [0.3, 0.4) is 0 Å². The molecule has 1 aromatic carbocycles. The molecule has 1 fully saturated rings. The minimum Gasteiger partial charge on any atom is -0.389 e. The minimum atomic E-state index is -0.398. The lowest BCUT2D eigenvalue weighted by Crippen LogP contribution is -2.42. The molecule has 2 heterocycles. The van der Waals surface area contributed by atoms with Crippen molar-refractivity contribution in [2.75, 3.05) is 19.8 Å². The van der Waals surface area contributed by atoms with Gasteiger partial charge in [-0.05, 0) is 37.1 Å². The summed E-state index contributed by atoms with van der Waals surface area (Å²) in [6.45, 7) is 7.02. The van der Waals surface area contributed by atoms with Crippen LogP contribution in [-0.4, -0.2) is 51.7 Å². The Kier molecular flexibility index (Phi) is 6.24. The van der Waals surface area contributed by atoms with Crippen LogP contribution in [-0.2, 0) is 17.7 Å². The number of aryl methyl sites for hydroxylation is 1. The van der Waals surface area contributed by atoms with Crippen LogP contribution in [0.15, 0.2) is 36.7 Å². The van der Waals surface area contributed by atoms with Crippen molar-refractivity contribution >= 4 is 0 Å². The second-order valence-electron chi connectivity index (χ2n) is 6.80. The first-order valence-electron chi connectivity index (χ1n) is 9.34. The SMILES string of the molecule is CCCCc1ccc(-n2cc(CN(CC)[C@H]3COC[C@@H]3O)cn2)cc1. The lowest BCUT2D eigenvalue weighted by atomic mass is 10.1. The third-order valence-corrected chi connectivity index (χ3v) is 4.94. The Labute approximate surface area is 150 Å². The summed E-state index contributed by atoms with van der Waals surface area (Å²) in [5, 5.41) is 14.6. The number of ether oxygens (including phenoxy) is 1. The number of hydrogen-bond donors (Lipinski definition) is 1. The second kappa shape index (κ2) is 8.61. The van der Waals surface area contributed by atoms with Gasteiger partial charge in [-0.2, -0.15) is 5.10 Å². The van der Waals surface area contributed by atoms with Gasteiger partial charge in [0.1, 0.15) is 0 Å². The van der Waals surface area contributed by atoms with Crippen LogP contribution in [0.1, 0.15) is 37.8 Å². The second-order valence-corrected chi connectivity index (χ2v) is 6.80. The molecule has 5 nitrogen and oxygen atoms in total. The van der Waals surface area contributed by atoms with E-state index in [4.69, 9.17) is 4.74 Å². The summed E-state index contributed by atoms with van der Waals surface area (Å²) in [5.41, 5.74) is 3.61. The summed E-state index contributed by atoms with van der Waals surface area (Å²) in [7, 11) is 0. The monoisotopic (exact) mass is 343 g/mol. The molecule has 0 spiro atoms. The largest absolute Gasteiger partial charge is 0.389 e. The van der Waals surface area contributed by atoms with E-state index < -0.39 is 6.10 Å². The van der Waals surface area contributed by atoms with Gasteiger partial charge in [0.15, 0.2) is 0 Å². The van der Waals surface area contributed by atoms with Crippen LogP contribution >= 0.6 is 0 Å².